The number of carbonyl (C=O) groups is 1. The highest BCUT2D eigenvalue weighted by atomic mass is 16.1. The Morgan fingerprint density at radius 1 is 1.30 bits per heavy atom. The molecule has 2 atom stereocenters. The summed E-state index contributed by atoms with van der Waals surface area (Å²) in [6.07, 6.45) is 2.69. The van der Waals surface area contributed by atoms with Gasteiger partial charge in [-0.05, 0) is 29.4 Å². The Morgan fingerprint density at radius 2 is 2.00 bits per heavy atom. The molecular weight excluding hydrogens is 248 g/mol. The summed E-state index contributed by atoms with van der Waals surface area (Å²) in [5, 5.41) is 4.47. The number of hydrogen-bond acceptors (Lipinski definition) is 3. The summed E-state index contributed by atoms with van der Waals surface area (Å²) in [5.41, 5.74) is 6.60. The van der Waals surface area contributed by atoms with Crippen LogP contribution in [0.4, 0.5) is 0 Å². The smallest absolute Gasteiger partial charge is 0.144 e. The van der Waals surface area contributed by atoms with Crippen molar-refractivity contribution in [2.24, 2.45) is 16.4 Å². The zero-order valence-electron chi connectivity index (χ0n) is 12.4. The van der Waals surface area contributed by atoms with E-state index in [-0.39, 0.29) is 17.4 Å². The molecule has 3 nitrogen and oxygen atoms in total. The lowest BCUT2D eigenvalue weighted by Gasteiger charge is -2.36. The second kappa shape index (κ2) is 4.72. The number of hydrazone groups is 1. The van der Waals surface area contributed by atoms with Gasteiger partial charge in [-0.15, -0.1) is 0 Å². The van der Waals surface area contributed by atoms with Crippen molar-refractivity contribution in [2.45, 2.75) is 46.1 Å². The van der Waals surface area contributed by atoms with E-state index in [0.29, 0.717) is 12.2 Å². The number of Topliss-reactive ketones (excluding diaryl/α,β-unsaturated/α-hetero) is 1. The largest absolute Gasteiger partial charge is 0.306 e. The van der Waals surface area contributed by atoms with Crippen molar-refractivity contribution in [1.82, 2.24) is 5.43 Å². The Labute approximate surface area is 120 Å². The average Bonchev–Trinajstić information content (AvgIpc) is 2.81. The van der Waals surface area contributed by atoms with Gasteiger partial charge in [-0.2, -0.15) is 5.10 Å². The second-order valence-corrected chi connectivity index (χ2v) is 6.77. The molecule has 3 heteroatoms. The number of rotatable bonds is 2. The Hall–Kier alpha value is -1.64. The van der Waals surface area contributed by atoms with Crippen LogP contribution in [0.15, 0.2) is 29.4 Å². The molecule has 1 N–H and O–H groups in total. The van der Waals surface area contributed by atoms with E-state index in [9.17, 15) is 4.79 Å². The molecule has 106 valence electrons. The van der Waals surface area contributed by atoms with E-state index in [1.54, 1.807) is 0 Å². The molecule has 0 aromatic heterocycles. The van der Waals surface area contributed by atoms with Crippen LogP contribution in [0.25, 0.3) is 0 Å². The summed E-state index contributed by atoms with van der Waals surface area (Å²) in [5.74, 6) is 0.269. The highest BCUT2D eigenvalue weighted by Gasteiger charge is 2.46. The highest BCUT2D eigenvalue weighted by Crippen LogP contribution is 2.39. The third-order valence-electron chi connectivity index (χ3n) is 4.48. The summed E-state index contributed by atoms with van der Waals surface area (Å²) in [6.45, 7) is 6.47. The van der Waals surface area contributed by atoms with E-state index in [1.807, 2.05) is 0 Å². The van der Waals surface area contributed by atoms with E-state index in [4.69, 9.17) is 0 Å². The van der Waals surface area contributed by atoms with Crippen molar-refractivity contribution in [3.63, 3.8) is 0 Å². The number of hydrogen-bond donors (Lipinski definition) is 1. The summed E-state index contributed by atoms with van der Waals surface area (Å²) >= 11 is 0. The van der Waals surface area contributed by atoms with Crippen molar-refractivity contribution in [2.75, 3.05) is 0 Å². The minimum atomic E-state index is -0.0597. The van der Waals surface area contributed by atoms with Crippen molar-refractivity contribution in [3.05, 3.63) is 35.4 Å². The van der Waals surface area contributed by atoms with Gasteiger partial charge in [-0.25, -0.2) is 0 Å². The topological polar surface area (TPSA) is 41.5 Å². The quantitative estimate of drug-likeness (QED) is 0.897. The summed E-state index contributed by atoms with van der Waals surface area (Å²) < 4.78 is 0. The van der Waals surface area contributed by atoms with Gasteiger partial charge < -0.3 is 5.43 Å². The second-order valence-electron chi connectivity index (χ2n) is 6.77. The molecular formula is C17H22N2O. The fourth-order valence-electron chi connectivity index (χ4n) is 3.43. The molecule has 1 heterocycles. The van der Waals surface area contributed by atoms with Gasteiger partial charge in [-0.1, -0.05) is 45.0 Å². The zero-order valence-corrected chi connectivity index (χ0v) is 12.4. The number of carbonyl (C=O) groups excluding carboxylic acids is 1. The van der Waals surface area contributed by atoms with Crippen LogP contribution in [0.1, 0.15) is 44.7 Å². The molecule has 0 amide bonds. The molecule has 1 aliphatic heterocycles. The summed E-state index contributed by atoms with van der Waals surface area (Å²) in [7, 11) is 0. The van der Waals surface area contributed by atoms with Crippen LogP contribution in [0.3, 0.4) is 0 Å². The molecule has 1 aromatic rings. The maximum atomic E-state index is 12.5. The molecule has 20 heavy (non-hydrogen) atoms. The molecule has 0 radical (unpaired) electrons. The van der Waals surface area contributed by atoms with Crippen molar-refractivity contribution in [3.8, 4) is 0 Å². The van der Waals surface area contributed by atoms with E-state index < -0.39 is 0 Å². The Kier molecular flexibility index (Phi) is 3.15. The van der Waals surface area contributed by atoms with Crippen LogP contribution in [-0.4, -0.2) is 17.5 Å². The van der Waals surface area contributed by atoms with Gasteiger partial charge in [0.15, 0.2) is 0 Å². The molecule has 3 rings (SSSR count). The first kappa shape index (κ1) is 13.3. The Bertz CT molecular complexity index is 557. The predicted molar refractivity (Wildman–Crippen MR) is 80.8 cm³/mol. The minimum absolute atomic E-state index is 0.0597. The highest BCUT2D eigenvalue weighted by molar-refractivity contribution is 6.15. The standard InChI is InChI=1S/C17H22N2O/c1-4-11-5-7-12(8-6-11)16-15-13(18-19-16)9-17(2,3)10-14(15)20/h5-8,13,15,18H,4,9-10H2,1-3H3/t13-,15+/m1/s1. The van der Waals surface area contributed by atoms with Crippen molar-refractivity contribution < 1.29 is 4.79 Å². The third-order valence-corrected chi connectivity index (χ3v) is 4.48. The van der Waals surface area contributed by atoms with Crippen LogP contribution < -0.4 is 5.43 Å². The SMILES string of the molecule is CCc1ccc(C2=NN[C@@H]3CC(C)(C)CC(=O)[C@@H]23)cc1. The third kappa shape index (κ3) is 2.26. The lowest BCUT2D eigenvalue weighted by Crippen LogP contribution is -2.45. The van der Waals surface area contributed by atoms with Crippen molar-refractivity contribution in [1.29, 1.82) is 0 Å². The first-order valence-electron chi connectivity index (χ1n) is 7.45. The lowest BCUT2D eigenvalue weighted by atomic mass is 9.68. The van der Waals surface area contributed by atoms with Crippen LogP contribution >= 0.6 is 0 Å². The molecule has 2 aliphatic rings. The van der Waals surface area contributed by atoms with Crippen LogP contribution in [0.2, 0.25) is 0 Å². The van der Waals surface area contributed by atoms with Crippen molar-refractivity contribution >= 4 is 11.5 Å². The Balaban J connectivity index is 1.87. The molecule has 1 saturated carbocycles. The van der Waals surface area contributed by atoms with Gasteiger partial charge in [0.2, 0.25) is 0 Å². The zero-order chi connectivity index (χ0) is 14.3. The fraction of sp³-hybridized carbons (Fsp3) is 0.529. The number of benzene rings is 1. The van der Waals surface area contributed by atoms with Gasteiger partial charge in [0.25, 0.3) is 0 Å². The molecule has 0 unspecified atom stereocenters. The lowest BCUT2D eigenvalue weighted by molar-refractivity contribution is -0.126. The van der Waals surface area contributed by atoms with E-state index in [1.165, 1.54) is 5.56 Å². The van der Waals surface area contributed by atoms with Gasteiger partial charge in [0, 0.05) is 6.42 Å². The molecule has 1 fully saturated rings. The van der Waals surface area contributed by atoms with Gasteiger partial charge >= 0.3 is 0 Å². The number of nitrogens with one attached hydrogen (secondary N) is 1. The summed E-state index contributed by atoms with van der Waals surface area (Å²) in [4.78, 5) is 12.5. The molecule has 1 aromatic carbocycles. The first-order valence-corrected chi connectivity index (χ1v) is 7.45. The maximum Gasteiger partial charge on any atom is 0.144 e. The first-order chi connectivity index (χ1) is 9.50. The molecule has 0 saturated heterocycles. The average molecular weight is 270 g/mol. The van der Waals surface area contributed by atoms with Gasteiger partial charge in [0.05, 0.1) is 17.7 Å². The fourth-order valence-corrected chi connectivity index (χ4v) is 3.43. The van der Waals surface area contributed by atoms with Crippen LogP contribution in [0, 0.1) is 11.3 Å². The predicted octanol–water partition coefficient (Wildman–Crippen LogP) is 2.93. The molecule has 0 spiro atoms. The van der Waals surface area contributed by atoms with Crippen LogP contribution in [-0.2, 0) is 11.2 Å². The van der Waals surface area contributed by atoms with E-state index in [2.05, 4.69) is 55.6 Å². The van der Waals surface area contributed by atoms with E-state index >= 15 is 0 Å². The molecule has 0 bridgehead atoms. The Morgan fingerprint density at radius 3 is 2.65 bits per heavy atom. The monoisotopic (exact) mass is 270 g/mol. The minimum Gasteiger partial charge on any atom is -0.306 e. The van der Waals surface area contributed by atoms with Crippen LogP contribution in [0.5, 0.6) is 0 Å². The normalized spacial score (nSPS) is 27.8. The summed E-state index contributed by atoms with van der Waals surface area (Å²) in [6, 6.07) is 8.61. The number of nitrogens with zero attached hydrogens (tertiary/aromatic N) is 1. The number of ketones is 1. The molecule has 1 aliphatic carbocycles. The maximum absolute atomic E-state index is 12.5. The number of aryl methyl sites for hydroxylation is 1. The van der Waals surface area contributed by atoms with Gasteiger partial charge in [-0.3, -0.25) is 4.79 Å². The number of fused-ring (bicyclic) bond motifs is 1. The van der Waals surface area contributed by atoms with E-state index in [0.717, 1.165) is 24.1 Å². The van der Waals surface area contributed by atoms with Gasteiger partial charge in [0.1, 0.15) is 5.78 Å².